The summed E-state index contributed by atoms with van der Waals surface area (Å²) in [5.41, 5.74) is 0.816. The zero-order valence-electron chi connectivity index (χ0n) is 7.50. The summed E-state index contributed by atoms with van der Waals surface area (Å²) in [5.74, 6) is 0. The monoisotopic (exact) mass is 214 g/mol. The van der Waals surface area contributed by atoms with Crippen LogP contribution in [0.25, 0.3) is 0 Å². The Morgan fingerprint density at radius 1 is 1.50 bits per heavy atom. The molecular weight excluding hydrogens is 204 g/mol. The number of aromatic nitrogens is 1. The molecule has 76 valence electrons. The van der Waals surface area contributed by atoms with Gasteiger partial charge in [0, 0.05) is 17.7 Å². The number of nitrogens with zero attached hydrogens (tertiary/aromatic N) is 2. The maximum atomic E-state index is 10.6. The highest BCUT2D eigenvalue weighted by Crippen LogP contribution is 1.90. The third-order valence-electron chi connectivity index (χ3n) is 1.30. The topological polar surface area (TPSA) is 48.5 Å². The fourth-order valence-corrected chi connectivity index (χ4v) is 0.704. The number of hydrogen-bond acceptors (Lipinski definition) is 3. The molecule has 0 aliphatic heterocycles. The van der Waals surface area contributed by atoms with Crippen molar-refractivity contribution in [3.8, 4) is 0 Å². The van der Waals surface area contributed by atoms with Gasteiger partial charge in [-0.25, -0.2) is 0 Å². The zero-order valence-corrected chi connectivity index (χ0v) is 8.31. The van der Waals surface area contributed by atoms with E-state index >= 15 is 0 Å². The Bertz CT molecular complexity index is 298. The Hall–Kier alpha value is -1.55. The van der Waals surface area contributed by atoms with Crippen LogP contribution in [0.15, 0.2) is 42.3 Å². The van der Waals surface area contributed by atoms with Gasteiger partial charge < -0.3 is 10.0 Å². The molecule has 14 heavy (non-hydrogen) atoms. The highest BCUT2D eigenvalue weighted by atomic mass is 35.5. The molecule has 0 fully saturated rings. The van der Waals surface area contributed by atoms with Crippen molar-refractivity contribution in [1.82, 2.24) is 0 Å². The van der Waals surface area contributed by atoms with Crippen molar-refractivity contribution in [3.05, 3.63) is 48.0 Å². The van der Waals surface area contributed by atoms with Crippen molar-refractivity contribution in [2.45, 2.75) is 0 Å². The molecule has 1 rings (SSSR count). The van der Waals surface area contributed by atoms with Gasteiger partial charge in [-0.2, -0.15) is 4.73 Å². The summed E-state index contributed by atoms with van der Waals surface area (Å²) < 4.78 is 0.710. The average molecular weight is 215 g/mol. The van der Waals surface area contributed by atoms with Gasteiger partial charge in [0.2, 0.25) is 0 Å². The molecule has 0 bridgehead atoms. The SMILES string of the molecule is C=CCO/N=C/c1cc[n+]([O-])cc1.Cl. The summed E-state index contributed by atoms with van der Waals surface area (Å²) in [6, 6.07) is 3.29. The van der Waals surface area contributed by atoms with Gasteiger partial charge in [-0.15, -0.1) is 12.4 Å². The van der Waals surface area contributed by atoms with Crippen LogP contribution in [-0.2, 0) is 4.84 Å². The Balaban J connectivity index is 0.00000169. The molecule has 0 saturated heterocycles. The first-order valence-electron chi connectivity index (χ1n) is 3.78. The van der Waals surface area contributed by atoms with E-state index in [9.17, 15) is 5.21 Å². The molecule has 1 aromatic heterocycles. The van der Waals surface area contributed by atoms with Crippen LogP contribution >= 0.6 is 12.4 Å². The predicted molar refractivity (Wildman–Crippen MR) is 56.4 cm³/mol. The van der Waals surface area contributed by atoms with Gasteiger partial charge in [-0.1, -0.05) is 17.8 Å². The predicted octanol–water partition coefficient (Wildman–Crippen LogP) is 1.28. The van der Waals surface area contributed by atoms with Crippen LogP contribution < -0.4 is 4.73 Å². The molecular formula is C9H11ClN2O2. The molecule has 0 atom stereocenters. The Morgan fingerprint density at radius 3 is 2.71 bits per heavy atom. The zero-order chi connectivity index (χ0) is 9.52. The molecule has 0 aliphatic carbocycles. The van der Waals surface area contributed by atoms with E-state index in [1.807, 2.05) is 0 Å². The molecule has 0 radical (unpaired) electrons. The Kier molecular flexibility index (Phi) is 6.15. The summed E-state index contributed by atoms with van der Waals surface area (Å²) in [7, 11) is 0. The summed E-state index contributed by atoms with van der Waals surface area (Å²) >= 11 is 0. The lowest BCUT2D eigenvalue weighted by molar-refractivity contribution is -0.605. The maximum Gasteiger partial charge on any atom is 0.181 e. The van der Waals surface area contributed by atoms with Crippen LogP contribution in [0.2, 0.25) is 0 Å². The maximum absolute atomic E-state index is 10.6. The lowest BCUT2D eigenvalue weighted by Crippen LogP contribution is -2.23. The van der Waals surface area contributed by atoms with Crippen LogP contribution in [0, 0.1) is 5.21 Å². The first-order valence-corrected chi connectivity index (χ1v) is 3.78. The van der Waals surface area contributed by atoms with Crippen LogP contribution in [0.4, 0.5) is 0 Å². The van der Waals surface area contributed by atoms with E-state index < -0.39 is 0 Å². The third-order valence-corrected chi connectivity index (χ3v) is 1.30. The molecule has 0 saturated carbocycles. The second-order valence-corrected chi connectivity index (χ2v) is 2.31. The van der Waals surface area contributed by atoms with Crippen molar-refractivity contribution < 1.29 is 9.57 Å². The number of pyridine rings is 1. The van der Waals surface area contributed by atoms with E-state index in [1.54, 1.807) is 18.2 Å². The van der Waals surface area contributed by atoms with Gasteiger partial charge in [0.05, 0.1) is 6.21 Å². The normalized spacial score (nSPS) is 9.43. The van der Waals surface area contributed by atoms with Crippen molar-refractivity contribution >= 4 is 18.6 Å². The summed E-state index contributed by atoms with van der Waals surface area (Å²) in [6.07, 6.45) is 5.93. The number of rotatable bonds is 4. The third kappa shape index (κ3) is 4.47. The molecule has 1 heterocycles. The number of halogens is 1. The summed E-state index contributed by atoms with van der Waals surface area (Å²) in [6.45, 7) is 3.85. The van der Waals surface area contributed by atoms with E-state index in [2.05, 4.69) is 11.7 Å². The molecule has 0 amide bonds. The van der Waals surface area contributed by atoms with Crippen molar-refractivity contribution in [2.24, 2.45) is 5.16 Å². The van der Waals surface area contributed by atoms with Crippen LogP contribution in [0.5, 0.6) is 0 Å². The minimum atomic E-state index is 0. The lowest BCUT2D eigenvalue weighted by Gasteiger charge is -1.94. The van der Waals surface area contributed by atoms with Gasteiger partial charge in [-0.3, -0.25) is 0 Å². The molecule has 0 unspecified atom stereocenters. The van der Waals surface area contributed by atoms with E-state index in [0.29, 0.717) is 11.3 Å². The standard InChI is InChI=1S/C9H10N2O2.ClH/c1-2-7-13-10-8-9-3-5-11(12)6-4-9;/h2-6,8H,1,7H2;1H/b10-8+;. The van der Waals surface area contributed by atoms with Gasteiger partial charge in [0.15, 0.2) is 12.4 Å². The van der Waals surface area contributed by atoms with E-state index in [0.717, 1.165) is 5.56 Å². The smallest absolute Gasteiger partial charge is 0.181 e. The quantitative estimate of drug-likeness (QED) is 0.189. The highest BCUT2D eigenvalue weighted by Gasteiger charge is 1.89. The second-order valence-electron chi connectivity index (χ2n) is 2.31. The summed E-state index contributed by atoms with van der Waals surface area (Å²) in [4.78, 5) is 4.78. The second kappa shape index (κ2) is 6.91. The molecule has 0 aromatic carbocycles. The largest absolute Gasteiger partial charge is 0.619 e. The first kappa shape index (κ1) is 12.4. The molecule has 0 N–H and O–H groups in total. The molecule has 5 heteroatoms. The molecule has 1 aromatic rings. The molecule has 0 aliphatic rings. The van der Waals surface area contributed by atoms with Crippen LogP contribution in [0.1, 0.15) is 5.56 Å². The van der Waals surface area contributed by atoms with Gasteiger partial charge in [-0.05, 0) is 0 Å². The number of oxime groups is 1. The minimum absolute atomic E-state index is 0. The van der Waals surface area contributed by atoms with Gasteiger partial charge >= 0.3 is 0 Å². The van der Waals surface area contributed by atoms with Gasteiger partial charge in [0.1, 0.15) is 6.61 Å². The van der Waals surface area contributed by atoms with Crippen molar-refractivity contribution in [1.29, 1.82) is 0 Å². The molecule has 0 spiro atoms. The Morgan fingerprint density at radius 2 is 2.14 bits per heavy atom. The average Bonchev–Trinajstić information content (AvgIpc) is 2.15. The lowest BCUT2D eigenvalue weighted by atomic mass is 10.3. The van der Waals surface area contributed by atoms with E-state index in [1.165, 1.54) is 18.6 Å². The van der Waals surface area contributed by atoms with Crippen molar-refractivity contribution in [3.63, 3.8) is 0 Å². The highest BCUT2D eigenvalue weighted by molar-refractivity contribution is 5.85. The van der Waals surface area contributed by atoms with Crippen molar-refractivity contribution in [2.75, 3.05) is 6.61 Å². The first-order chi connectivity index (χ1) is 6.33. The fraction of sp³-hybridized carbons (Fsp3) is 0.111. The minimum Gasteiger partial charge on any atom is -0.619 e. The van der Waals surface area contributed by atoms with E-state index in [4.69, 9.17) is 4.84 Å². The summed E-state index contributed by atoms with van der Waals surface area (Å²) in [5, 5.41) is 14.3. The Labute approximate surface area is 88.5 Å². The van der Waals surface area contributed by atoms with Crippen LogP contribution in [-0.4, -0.2) is 12.8 Å². The van der Waals surface area contributed by atoms with Crippen LogP contribution in [0.3, 0.4) is 0 Å². The van der Waals surface area contributed by atoms with Gasteiger partial charge in [0.25, 0.3) is 0 Å². The van der Waals surface area contributed by atoms with E-state index in [-0.39, 0.29) is 12.4 Å². The fourth-order valence-electron chi connectivity index (χ4n) is 0.704. The molecule has 4 nitrogen and oxygen atoms in total. The number of hydrogen-bond donors (Lipinski definition) is 0.